The van der Waals surface area contributed by atoms with Crippen molar-refractivity contribution in [3.63, 3.8) is 0 Å². The van der Waals surface area contributed by atoms with E-state index in [1.54, 1.807) is 25.3 Å². The summed E-state index contributed by atoms with van der Waals surface area (Å²) in [5.74, 6) is -0.745. The van der Waals surface area contributed by atoms with Crippen molar-refractivity contribution in [2.45, 2.75) is 6.42 Å². The third kappa shape index (κ3) is 5.19. The van der Waals surface area contributed by atoms with Crippen LogP contribution in [-0.2, 0) is 4.74 Å². The Morgan fingerprint density at radius 1 is 1.30 bits per heavy atom. The fourth-order valence-electron chi connectivity index (χ4n) is 1.88. The van der Waals surface area contributed by atoms with Crippen LogP contribution in [0.3, 0.4) is 0 Å². The molecule has 0 unspecified atom stereocenters. The first-order valence-electron chi connectivity index (χ1n) is 7.05. The minimum Gasteiger partial charge on any atom is -0.385 e. The van der Waals surface area contributed by atoms with E-state index in [1.165, 1.54) is 18.3 Å². The smallest absolute Gasteiger partial charge is 0.269 e. The molecular weight excluding hydrogens is 321 g/mol. The summed E-state index contributed by atoms with van der Waals surface area (Å²) < 4.78 is 18.1. The van der Waals surface area contributed by atoms with E-state index in [1.807, 2.05) is 0 Å². The number of aromatic nitrogens is 1. The maximum Gasteiger partial charge on any atom is 0.269 e. The first-order chi connectivity index (χ1) is 11.1. The summed E-state index contributed by atoms with van der Waals surface area (Å²) in [5.41, 5.74) is 1.57. The monoisotopic (exact) mass is 337 g/mol. The lowest BCUT2D eigenvalue weighted by atomic mass is 10.2. The number of carbonyl (C=O) groups excluding carboxylic acids is 1. The van der Waals surface area contributed by atoms with Crippen LogP contribution in [0.4, 0.5) is 15.8 Å². The normalized spacial score (nSPS) is 10.4. The zero-order chi connectivity index (χ0) is 16.7. The number of anilines is 2. The molecule has 7 heteroatoms. The van der Waals surface area contributed by atoms with Gasteiger partial charge in [0.25, 0.3) is 5.91 Å². The lowest BCUT2D eigenvalue weighted by molar-refractivity contribution is 0.0943. The number of halogens is 2. The summed E-state index contributed by atoms with van der Waals surface area (Å²) in [5, 5.41) is 5.84. The molecule has 2 N–H and O–H groups in total. The van der Waals surface area contributed by atoms with Gasteiger partial charge in [0.2, 0.25) is 0 Å². The highest BCUT2D eigenvalue weighted by atomic mass is 35.5. The molecule has 0 atom stereocenters. The average molecular weight is 338 g/mol. The van der Waals surface area contributed by atoms with E-state index in [0.717, 1.165) is 6.42 Å². The van der Waals surface area contributed by atoms with Gasteiger partial charge in [-0.25, -0.2) is 4.39 Å². The van der Waals surface area contributed by atoms with Crippen molar-refractivity contribution in [2.75, 3.05) is 25.6 Å². The maximum absolute atomic E-state index is 13.1. The SMILES string of the molecule is COCCCNC(=O)c1cc(Nc2ccc(F)c(Cl)c2)ccn1. The van der Waals surface area contributed by atoms with Gasteiger partial charge in [0, 0.05) is 37.8 Å². The zero-order valence-corrected chi connectivity index (χ0v) is 13.4. The van der Waals surface area contributed by atoms with Gasteiger partial charge in [0.05, 0.1) is 5.02 Å². The molecule has 1 aromatic heterocycles. The Bertz CT molecular complexity index is 682. The number of methoxy groups -OCH3 is 1. The summed E-state index contributed by atoms with van der Waals surface area (Å²) in [6.07, 6.45) is 2.26. The van der Waals surface area contributed by atoms with Crippen molar-refractivity contribution in [2.24, 2.45) is 0 Å². The van der Waals surface area contributed by atoms with Crippen molar-refractivity contribution in [3.05, 3.63) is 53.1 Å². The second-order valence-electron chi connectivity index (χ2n) is 4.79. The summed E-state index contributed by atoms with van der Waals surface area (Å²) in [4.78, 5) is 16.0. The van der Waals surface area contributed by atoms with Gasteiger partial charge >= 0.3 is 0 Å². The van der Waals surface area contributed by atoms with E-state index >= 15 is 0 Å². The molecule has 0 saturated heterocycles. The third-order valence-electron chi connectivity index (χ3n) is 3.01. The molecule has 0 saturated carbocycles. The number of benzene rings is 1. The molecular formula is C16H17ClFN3O2. The van der Waals surface area contributed by atoms with Crippen LogP contribution in [-0.4, -0.2) is 31.2 Å². The van der Waals surface area contributed by atoms with Crippen molar-refractivity contribution < 1.29 is 13.9 Å². The number of nitrogens with zero attached hydrogens (tertiary/aromatic N) is 1. The largest absolute Gasteiger partial charge is 0.385 e. The first-order valence-corrected chi connectivity index (χ1v) is 7.43. The number of nitrogens with one attached hydrogen (secondary N) is 2. The van der Waals surface area contributed by atoms with Crippen LogP contribution in [0.2, 0.25) is 5.02 Å². The predicted molar refractivity (Wildman–Crippen MR) is 87.8 cm³/mol. The highest BCUT2D eigenvalue weighted by Crippen LogP contribution is 2.22. The van der Waals surface area contributed by atoms with Crippen LogP contribution < -0.4 is 10.6 Å². The number of amides is 1. The summed E-state index contributed by atoms with van der Waals surface area (Å²) >= 11 is 5.74. The fourth-order valence-corrected chi connectivity index (χ4v) is 2.06. The molecule has 2 aromatic rings. The number of hydrogen-bond acceptors (Lipinski definition) is 4. The van der Waals surface area contributed by atoms with Crippen molar-refractivity contribution in [1.29, 1.82) is 0 Å². The van der Waals surface area contributed by atoms with E-state index in [0.29, 0.717) is 30.2 Å². The van der Waals surface area contributed by atoms with E-state index in [2.05, 4.69) is 15.6 Å². The maximum atomic E-state index is 13.1. The highest BCUT2D eigenvalue weighted by molar-refractivity contribution is 6.31. The lowest BCUT2D eigenvalue weighted by Crippen LogP contribution is -2.26. The van der Waals surface area contributed by atoms with Crippen LogP contribution in [0.15, 0.2) is 36.5 Å². The molecule has 0 radical (unpaired) electrons. The Balaban J connectivity index is 2.01. The summed E-state index contributed by atoms with van der Waals surface area (Å²) in [6.45, 7) is 1.10. The molecule has 23 heavy (non-hydrogen) atoms. The number of rotatable bonds is 7. The Morgan fingerprint density at radius 2 is 2.09 bits per heavy atom. The van der Waals surface area contributed by atoms with Gasteiger partial charge in [-0.1, -0.05) is 11.6 Å². The van der Waals surface area contributed by atoms with E-state index < -0.39 is 5.82 Å². The molecule has 0 aliphatic carbocycles. The molecule has 1 aromatic carbocycles. The molecule has 2 rings (SSSR count). The van der Waals surface area contributed by atoms with Crippen LogP contribution in [0, 0.1) is 5.82 Å². The number of pyridine rings is 1. The molecule has 1 heterocycles. The Hall–Kier alpha value is -2.18. The Kier molecular flexibility index (Phi) is 6.31. The average Bonchev–Trinajstić information content (AvgIpc) is 2.55. The van der Waals surface area contributed by atoms with E-state index in [4.69, 9.17) is 16.3 Å². The number of hydrogen-bond donors (Lipinski definition) is 2. The van der Waals surface area contributed by atoms with E-state index in [9.17, 15) is 9.18 Å². The summed E-state index contributed by atoms with van der Waals surface area (Å²) in [7, 11) is 1.61. The quantitative estimate of drug-likeness (QED) is 0.760. The standard InChI is InChI=1S/C16H17ClFN3O2/c1-23-8-2-6-20-16(22)15-10-12(5-7-19-15)21-11-3-4-14(18)13(17)9-11/h3-5,7,9-10H,2,6,8H2,1H3,(H,19,21)(H,20,22). The molecule has 122 valence electrons. The third-order valence-corrected chi connectivity index (χ3v) is 3.30. The first kappa shape index (κ1) is 17.2. The predicted octanol–water partition coefficient (Wildman–Crippen LogP) is 3.38. The topological polar surface area (TPSA) is 63.2 Å². The lowest BCUT2D eigenvalue weighted by Gasteiger charge is -2.09. The summed E-state index contributed by atoms with van der Waals surface area (Å²) in [6, 6.07) is 7.63. The van der Waals surface area contributed by atoms with E-state index in [-0.39, 0.29) is 10.9 Å². The molecule has 1 amide bonds. The van der Waals surface area contributed by atoms with Gasteiger partial charge in [0.1, 0.15) is 11.5 Å². The van der Waals surface area contributed by atoms with Gasteiger partial charge in [-0.05, 0) is 36.8 Å². The number of carbonyl (C=O) groups is 1. The highest BCUT2D eigenvalue weighted by Gasteiger charge is 2.08. The minimum absolute atomic E-state index is 0.0279. The Morgan fingerprint density at radius 3 is 2.83 bits per heavy atom. The van der Waals surface area contributed by atoms with Crippen LogP contribution in [0.5, 0.6) is 0 Å². The van der Waals surface area contributed by atoms with Gasteiger partial charge in [-0.15, -0.1) is 0 Å². The molecule has 0 aliphatic rings. The minimum atomic E-state index is -0.483. The van der Waals surface area contributed by atoms with Crippen LogP contribution in [0.25, 0.3) is 0 Å². The van der Waals surface area contributed by atoms with Gasteiger partial charge in [0.15, 0.2) is 0 Å². The fraction of sp³-hybridized carbons (Fsp3) is 0.250. The van der Waals surface area contributed by atoms with Gasteiger partial charge in [-0.3, -0.25) is 9.78 Å². The second kappa shape index (κ2) is 8.45. The zero-order valence-electron chi connectivity index (χ0n) is 12.6. The molecule has 0 bridgehead atoms. The van der Waals surface area contributed by atoms with Crippen molar-refractivity contribution in [1.82, 2.24) is 10.3 Å². The number of ether oxygens (including phenoxy) is 1. The van der Waals surface area contributed by atoms with Gasteiger partial charge < -0.3 is 15.4 Å². The van der Waals surface area contributed by atoms with Crippen LogP contribution in [0.1, 0.15) is 16.9 Å². The van der Waals surface area contributed by atoms with Gasteiger partial charge in [-0.2, -0.15) is 0 Å². The molecule has 0 spiro atoms. The van der Waals surface area contributed by atoms with Crippen LogP contribution >= 0.6 is 11.6 Å². The molecule has 5 nitrogen and oxygen atoms in total. The van der Waals surface area contributed by atoms with Crippen molar-refractivity contribution >= 4 is 28.9 Å². The van der Waals surface area contributed by atoms with Crippen molar-refractivity contribution in [3.8, 4) is 0 Å². The Labute approximate surface area is 138 Å². The molecule has 0 fully saturated rings. The second-order valence-corrected chi connectivity index (χ2v) is 5.19. The molecule has 0 aliphatic heterocycles.